The number of H-pyrrole nitrogens is 1. The van der Waals surface area contributed by atoms with Crippen LogP contribution in [0.15, 0.2) is 48.5 Å². The van der Waals surface area contributed by atoms with E-state index in [4.69, 9.17) is 0 Å². The molecule has 1 fully saturated rings. The van der Waals surface area contributed by atoms with Crippen LogP contribution in [0.3, 0.4) is 0 Å². The third kappa shape index (κ3) is 3.50. The average Bonchev–Trinajstić information content (AvgIpc) is 2.95. The maximum atomic E-state index is 13.9. The van der Waals surface area contributed by atoms with Gasteiger partial charge in [0.2, 0.25) is 0 Å². The predicted molar refractivity (Wildman–Crippen MR) is 106 cm³/mol. The topological polar surface area (TPSA) is 56.4 Å². The van der Waals surface area contributed by atoms with Gasteiger partial charge in [-0.1, -0.05) is 24.3 Å². The van der Waals surface area contributed by atoms with Gasteiger partial charge in [0.25, 0.3) is 11.8 Å². The highest BCUT2D eigenvalue weighted by Crippen LogP contribution is 2.19. The van der Waals surface area contributed by atoms with Gasteiger partial charge >= 0.3 is 0 Å². The van der Waals surface area contributed by atoms with Crippen LogP contribution in [-0.2, 0) is 0 Å². The summed E-state index contributed by atoms with van der Waals surface area (Å²) >= 11 is 0. The number of halogens is 1. The fraction of sp³-hybridized carbons (Fsp3) is 0.273. The molecule has 0 aliphatic carbocycles. The summed E-state index contributed by atoms with van der Waals surface area (Å²) in [5, 5.41) is 1.00. The molecule has 0 spiro atoms. The Morgan fingerprint density at radius 1 is 0.929 bits per heavy atom. The Hall–Kier alpha value is -3.15. The first-order valence-corrected chi connectivity index (χ1v) is 9.45. The lowest BCUT2D eigenvalue weighted by molar-refractivity contribution is 0.0714. The first-order valence-electron chi connectivity index (χ1n) is 9.45. The summed E-state index contributed by atoms with van der Waals surface area (Å²) in [6.07, 6.45) is 0.658. The van der Waals surface area contributed by atoms with E-state index < -0.39 is 5.82 Å². The molecule has 0 unspecified atom stereocenters. The third-order valence-corrected chi connectivity index (χ3v) is 5.18. The highest BCUT2D eigenvalue weighted by atomic mass is 19.1. The van der Waals surface area contributed by atoms with Gasteiger partial charge in [-0.2, -0.15) is 0 Å². The number of aryl methyl sites for hydroxylation is 1. The molecule has 1 N–H and O–H groups in total. The minimum Gasteiger partial charge on any atom is -0.351 e. The van der Waals surface area contributed by atoms with Crippen molar-refractivity contribution in [3.63, 3.8) is 0 Å². The van der Waals surface area contributed by atoms with Crippen LogP contribution >= 0.6 is 0 Å². The summed E-state index contributed by atoms with van der Waals surface area (Å²) in [5.74, 6) is -0.916. The molecule has 3 aromatic rings. The van der Waals surface area contributed by atoms with Crippen LogP contribution in [0.1, 0.15) is 32.8 Å². The smallest absolute Gasteiger partial charge is 0.270 e. The normalized spacial score (nSPS) is 14.9. The molecular formula is C22H22FN3O2. The van der Waals surface area contributed by atoms with E-state index in [2.05, 4.69) is 4.98 Å². The van der Waals surface area contributed by atoms with Gasteiger partial charge in [-0.05, 0) is 43.2 Å². The van der Waals surface area contributed by atoms with Gasteiger partial charge in [0, 0.05) is 37.1 Å². The molecule has 2 aromatic carbocycles. The molecule has 1 aliphatic heterocycles. The van der Waals surface area contributed by atoms with E-state index >= 15 is 0 Å². The number of aromatic nitrogens is 1. The van der Waals surface area contributed by atoms with E-state index in [1.54, 1.807) is 21.9 Å². The van der Waals surface area contributed by atoms with Crippen molar-refractivity contribution >= 4 is 22.7 Å². The van der Waals surface area contributed by atoms with Gasteiger partial charge in [-0.15, -0.1) is 0 Å². The Morgan fingerprint density at radius 2 is 1.64 bits per heavy atom. The van der Waals surface area contributed by atoms with Gasteiger partial charge in [0.1, 0.15) is 11.5 Å². The Morgan fingerprint density at radius 3 is 2.39 bits per heavy atom. The summed E-state index contributed by atoms with van der Waals surface area (Å²) in [6, 6.07) is 13.9. The number of aromatic amines is 1. The molecular weight excluding hydrogens is 357 g/mol. The second-order valence-electron chi connectivity index (χ2n) is 7.19. The average molecular weight is 379 g/mol. The van der Waals surface area contributed by atoms with Crippen LogP contribution in [0.4, 0.5) is 4.39 Å². The maximum Gasteiger partial charge on any atom is 0.270 e. The number of rotatable bonds is 2. The number of nitrogens with one attached hydrogen (secondary N) is 1. The monoisotopic (exact) mass is 379 g/mol. The van der Waals surface area contributed by atoms with E-state index in [9.17, 15) is 14.0 Å². The predicted octanol–water partition coefficient (Wildman–Crippen LogP) is 3.60. The fourth-order valence-electron chi connectivity index (χ4n) is 3.66. The molecule has 1 saturated heterocycles. The first kappa shape index (κ1) is 18.2. The van der Waals surface area contributed by atoms with Crippen LogP contribution in [0.2, 0.25) is 0 Å². The second-order valence-corrected chi connectivity index (χ2v) is 7.19. The van der Waals surface area contributed by atoms with Crippen LogP contribution in [-0.4, -0.2) is 52.8 Å². The molecule has 2 amide bonds. The van der Waals surface area contributed by atoms with E-state index in [-0.39, 0.29) is 17.4 Å². The molecule has 0 radical (unpaired) electrons. The zero-order valence-corrected chi connectivity index (χ0v) is 15.7. The largest absolute Gasteiger partial charge is 0.351 e. The first-order chi connectivity index (χ1) is 13.5. The quantitative estimate of drug-likeness (QED) is 0.740. The molecule has 1 aliphatic rings. The van der Waals surface area contributed by atoms with Gasteiger partial charge in [0.05, 0.1) is 5.56 Å². The molecule has 4 rings (SSSR count). The second kappa shape index (κ2) is 7.46. The Balaban J connectivity index is 1.48. The molecule has 28 heavy (non-hydrogen) atoms. The minimum absolute atomic E-state index is 0.0750. The number of fused-ring (bicyclic) bond motifs is 1. The Labute approximate surface area is 162 Å². The van der Waals surface area contributed by atoms with Crippen molar-refractivity contribution in [3.8, 4) is 0 Å². The molecule has 1 aromatic heterocycles. The van der Waals surface area contributed by atoms with Crippen molar-refractivity contribution in [1.29, 1.82) is 0 Å². The number of carbonyl (C=O) groups excluding carboxylic acids is 2. The van der Waals surface area contributed by atoms with Crippen molar-refractivity contribution < 1.29 is 14.0 Å². The molecule has 5 nitrogen and oxygen atoms in total. The molecule has 0 saturated carbocycles. The van der Waals surface area contributed by atoms with E-state index in [0.29, 0.717) is 38.3 Å². The van der Waals surface area contributed by atoms with Gasteiger partial charge in [-0.3, -0.25) is 9.59 Å². The van der Waals surface area contributed by atoms with Crippen molar-refractivity contribution in [3.05, 3.63) is 71.2 Å². The zero-order chi connectivity index (χ0) is 19.7. The summed E-state index contributed by atoms with van der Waals surface area (Å²) < 4.78 is 13.9. The lowest BCUT2D eigenvalue weighted by Crippen LogP contribution is -2.37. The number of hydrogen-bond donors (Lipinski definition) is 1. The van der Waals surface area contributed by atoms with E-state index in [1.807, 2.05) is 31.2 Å². The number of carbonyl (C=O) groups is 2. The van der Waals surface area contributed by atoms with E-state index in [0.717, 1.165) is 16.5 Å². The fourth-order valence-corrected chi connectivity index (χ4v) is 3.66. The summed E-state index contributed by atoms with van der Waals surface area (Å²) in [7, 11) is 0. The molecule has 6 heteroatoms. The number of amides is 2. The maximum absolute atomic E-state index is 13.9. The highest BCUT2D eigenvalue weighted by molar-refractivity contribution is 5.98. The Kier molecular flexibility index (Phi) is 4.86. The standard InChI is InChI=1S/C22H22FN3O2/c1-15-7-8-16-14-20(24-19(16)13-15)22(28)26-10-4-9-25(11-12-26)21(27)17-5-2-3-6-18(17)23/h2-3,5-8,13-14,24H,4,9-12H2,1H3. The van der Waals surface area contributed by atoms with Crippen molar-refractivity contribution in [2.45, 2.75) is 13.3 Å². The zero-order valence-electron chi connectivity index (χ0n) is 15.7. The van der Waals surface area contributed by atoms with Gasteiger partial charge in [0.15, 0.2) is 0 Å². The van der Waals surface area contributed by atoms with Gasteiger partial charge < -0.3 is 14.8 Å². The van der Waals surface area contributed by atoms with Crippen molar-refractivity contribution in [2.75, 3.05) is 26.2 Å². The number of nitrogens with zero attached hydrogens (tertiary/aromatic N) is 2. The van der Waals surface area contributed by atoms with Crippen LogP contribution in [0, 0.1) is 12.7 Å². The highest BCUT2D eigenvalue weighted by Gasteiger charge is 2.25. The number of hydrogen-bond acceptors (Lipinski definition) is 2. The minimum atomic E-state index is -0.516. The lowest BCUT2D eigenvalue weighted by Gasteiger charge is -2.22. The van der Waals surface area contributed by atoms with Crippen molar-refractivity contribution in [2.24, 2.45) is 0 Å². The molecule has 144 valence electrons. The van der Waals surface area contributed by atoms with Crippen LogP contribution in [0.25, 0.3) is 10.9 Å². The summed E-state index contributed by atoms with van der Waals surface area (Å²) in [6.45, 7) is 3.89. The Bertz CT molecular complexity index is 1040. The summed E-state index contributed by atoms with van der Waals surface area (Å²) in [5.41, 5.74) is 2.70. The number of benzene rings is 2. The molecule has 0 atom stereocenters. The molecule has 2 heterocycles. The van der Waals surface area contributed by atoms with Crippen LogP contribution in [0.5, 0.6) is 0 Å². The summed E-state index contributed by atoms with van der Waals surface area (Å²) in [4.78, 5) is 32.2. The lowest BCUT2D eigenvalue weighted by atomic mass is 10.2. The molecule has 0 bridgehead atoms. The third-order valence-electron chi connectivity index (χ3n) is 5.18. The van der Waals surface area contributed by atoms with E-state index in [1.165, 1.54) is 12.1 Å². The van der Waals surface area contributed by atoms with Crippen LogP contribution < -0.4 is 0 Å². The van der Waals surface area contributed by atoms with Crippen molar-refractivity contribution in [1.82, 2.24) is 14.8 Å². The SMILES string of the molecule is Cc1ccc2cc(C(=O)N3CCCN(C(=O)c4ccccc4F)CC3)[nH]c2c1. The van der Waals surface area contributed by atoms with Gasteiger partial charge in [-0.25, -0.2) is 4.39 Å².